The Labute approximate surface area is 333 Å². The molecule has 0 aromatic heterocycles. The van der Waals surface area contributed by atoms with E-state index in [2.05, 4.69) is 119 Å². The molecule has 0 radical (unpaired) electrons. The van der Waals surface area contributed by atoms with Crippen LogP contribution in [0.1, 0.15) is 144 Å². The quantitative estimate of drug-likeness (QED) is 0.239. The van der Waals surface area contributed by atoms with E-state index in [9.17, 15) is 10.2 Å². The number of hydrogen-bond donors (Lipinski definition) is 2. The Kier molecular flexibility index (Phi) is 14.0. The molecule has 4 bridgehead atoms. The second-order valence-electron chi connectivity index (χ2n) is 19.1. The number of methoxy groups -OCH3 is 2. The Morgan fingerprint density at radius 2 is 0.880 bits per heavy atom. The minimum absolute atomic E-state index is 0. The number of hydrogen-bond acceptors (Lipinski definition) is 4. The SMILES string of the molecule is COc1c(C(C)(C)C)cccc1C1(O)C2(C)CCC(C2)C1(C)C.COc1c(C(C)(C)C)cccc1C1(O)C2(C)CCC(C2)C1(C)C.[CH3-].[CH3-].[Zn].[Zn]. The van der Waals surface area contributed by atoms with Crippen LogP contribution in [-0.2, 0) is 61.0 Å². The van der Waals surface area contributed by atoms with E-state index >= 15 is 0 Å². The molecule has 6 rings (SSSR count). The molecular formula is C44H70O4Zn2-2. The fraction of sp³-hybridized carbons (Fsp3) is 0.682. The number of fused-ring (bicyclic) bond motifs is 4. The monoisotopic (exact) mass is 790 g/mol. The summed E-state index contributed by atoms with van der Waals surface area (Å²) in [6.45, 7) is 26.7. The van der Waals surface area contributed by atoms with E-state index in [1.807, 2.05) is 0 Å². The topological polar surface area (TPSA) is 58.9 Å². The number of ether oxygens (including phenoxy) is 2. The van der Waals surface area contributed by atoms with Crippen LogP contribution in [0.4, 0.5) is 0 Å². The number of benzene rings is 2. The molecule has 6 unspecified atom stereocenters. The minimum Gasteiger partial charge on any atom is -0.496 e. The summed E-state index contributed by atoms with van der Waals surface area (Å²) in [6, 6.07) is 12.6. The molecule has 50 heavy (non-hydrogen) atoms. The summed E-state index contributed by atoms with van der Waals surface area (Å²) in [5, 5.41) is 24.1. The summed E-state index contributed by atoms with van der Waals surface area (Å²) >= 11 is 0. The van der Waals surface area contributed by atoms with Gasteiger partial charge < -0.3 is 34.5 Å². The van der Waals surface area contributed by atoms with Crippen LogP contribution in [0.5, 0.6) is 11.5 Å². The molecule has 4 aliphatic rings. The normalized spacial score (nSPS) is 32.7. The molecule has 4 aliphatic carbocycles. The van der Waals surface area contributed by atoms with Gasteiger partial charge in [0, 0.05) is 71.7 Å². The van der Waals surface area contributed by atoms with Crippen molar-refractivity contribution < 1.29 is 58.6 Å². The van der Waals surface area contributed by atoms with Crippen molar-refractivity contribution in [2.75, 3.05) is 14.2 Å². The molecule has 276 valence electrons. The van der Waals surface area contributed by atoms with Crippen LogP contribution in [-0.4, -0.2) is 24.4 Å². The van der Waals surface area contributed by atoms with Gasteiger partial charge >= 0.3 is 0 Å². The van der Waals surface area contributed by atoms with Gasteiger partial charge in [0.1, 0.15) is 22.7 Å². The van der Waals surface area contributed by atoms with E-state index < -0.39 is 11.2 Å². The molecule has 0 aliphatic heterocycles. The van der Waals surface area contributed by atoms with Crippen molar-refractivity contribution in [3.8, 4) is 11.5 Å². The first-order valence-corrected chi connectivity index (χ1v) is 17.8. The van der Waals surface area contributed by atoms with E-state index in [4.69, 9.17) is 9.47 Å². The van der Waals surface area contributed by atoms with Crippen LogP contribution in [0.15, 0.2) is 36.4 Å². The van der Waals surface area contributed by atoms with E-state index in [0.29, 0.717) is 11.8 Å². The minimum atomic E-state index is -0.838. The third-order valence-corrected chi connectivity index (χ3v) is 14.0. The first-order valence-electron chi connectivity index (χ1n) is 17.8. The van der Waals surface area contributed by atoms with Crippen molar-refractivity contribution in [1.29, 1.82) is 0 Å². The molecule has 6 heteroatoms. The maximum atomic E-state index is 12.1. The van der Waals surface area contributed by atoms with Crippen LogP contribution in [0, 0.1) is 48.3 Å². The summed E-state index contributed by atoms with van der Waals surface area (Å²) in [5.41, 5.74) is 2.22. The van der Waals surface area contributed by atoms with E-state index in [1.165, 1.54) is 24.0 Å². The Bertz CT molecular complexity index is 1360. The first-order chi connectivity index (χ1) is 21.0. The predicted molar refractivity (Wildman–Crippen MR) is 202 cm³/mol. The second-order valence-corrected chi connectivity index (χ2v) is 19.1. The average Bonchev–Trinajstić information content (AvgIpc) is 3.65. The zero-order valence-electron chi connectivity index (χ0n) is 35.0. The number of rotatable bonds is 4. The maximum absolute atomic E-state index is 12.1. The smallest absolute Gasteiger partial charge is 0.128 e. The Morgan fingerprint density at radius 1 is 0.580 bits per heavy atom. The van der Waals surface area contributed by atoms with Crippen LogP contribution in [0.3, 0.4) is 0 Å². The van der Waals surface area contributed by atoms with Gasteiger partial charge in [0.05, 0.1) is 14.2 Å². The van der Waals surface area contributed by atoms with Gasteiger partial charge in [0.2, 0.25) is 0 Å². The Balaban J connectivity index is 0.000000463. The van der Waals surface area contributed by atoms with Crippen molar-refractivity contribution in [1.82, 2.24) is 0 Å². The second kappa shape index (κ2) is 14.8. The first kappa shape index (κ1) is 47.2. The predicted octanol–water partition coefficient (Wildman–Crippen LogP) is 10.9. The number of aliphatic hydroxyl groups is 2. The molecule has 2 N–H and O–H groups in total. The molecule has 0 amide bonds. The van der Waals surface area contributed by atoms with E-state index in [1.54, 1.807) is 14.2 Å². The molecule has 0 saturated heterocycles. The van der Waals surface area contributed by atoms with Crippen molar-refractivity contribution >= 4 is 0 Å². The Morgan fingerprint density at radius 3 is 1.10 bits per heavy atom. The van der Waals surface area contributed by atoms with Crippen LogP contribution in [0.25, 0.3) is 0 Å². The molecule has 0 spiro atoms. The fourth-order valence-corrected chi connectivity index (χ4v) is 11.1. The molecule has 2 aromatic carbocycles. The summed E-state index contributed by atoms with van der Waals surface area (Å²) in [7, 11) is 3.47. The van der Waals surface area contributed by atoms with Gasteiger partial charge in [0.25, 0.3) is 0 Å². The van der Waals surface area contributed by atoms with Gasteiger partial charge in [-0.05, 0) is 72.3 Å². The largest absolute Gasteiger partial charge is 0.496 e. The molecule has 6 atom stereocenters. The third kappa shape index (κ3) is 6.43. The molecule has 2 aromatic rings. The molecule has 4 nitrogen and oxygen atoms in total. The number of para-hydroxylation sites is 2. The molecule has 4 fully saturated rings. The molecular weight excluding hydrogens is 723 g/mol. The van der Waals surface area contributed by atoms with Gasteiger partial charge in [-0.2, -0.15) is 0 Å². The molecule has 0 heterocycles. The Hall–Kier alpha value is -0.793. The third-order valence-electron chi connectivity index (χ3n) is 14.0. The van der Waals surface area contributed by atoms with E-state index in [-0.39, 0.29) is 86.3 Å². The van der Waals surface area contributed by atoms with Crippen molar-refractivity contribution in [3.63, 3.8) is 0 Å². The van der Waals surface area contributed by atoms with Crippen molar-refractivity contribution in [3.05, 3.63) is 73.5 Å². The maximum Gasteiger partial charge on any atom is 0.128 e. The fourth-order valence-electron chi connectivity index (χ4n) is 11.1. The summed E-state index contributed by atoms with van der Waals surface area (Å²) in [4.78, 5) is 0. The summed E-state index contributed by atoms with van der Waals surface area (Å²) < 4.78 is 11.7. The van der Waals surface area contributed by atoms with Gasteiger partial charge in [-0.25, -0.2) is 0 Å². The molecule has 4 saturated carbocycles. The average molecular weight is 794 g/mol. The van der Waals surface area contributed by atoms with Gasteiger partial charge in [0.15, 0.2) is 0 Å². The van der Waals surface area contributed by atoms with Crippen molar-refractivity contribution in [2.45, 2.75) is 144 Å². The summed E-state index contributed by atoms with van der Waals surface area (Å²) in [6.07, 6.45) is 6.87. The standard InChI is InChI=1S/2C21H32O2.2CH3.2Zn/c2*1-18(2,3)15-9-8-10-16(17(15)23-7)21(22)19(4,5)14-11-12-20(21,6)13-14;;;;/h2*8-10,14,22H,11-13H2,1-7H3;2*1H3;;/q;;2*-1;;. The van der Waals surface area contributed by atoms with Crippen LogP contribution in [0.2, 0.25) is 0 Å². The van der Waals surface area contributed by atoms with Gasteiger partial charge in [-0.1, -0.05) is 119 Å². The zero-order valence-corrected chi connectivity index (χ0v) is 40.9. The van der Waals surface area contributed by atoms with Crippen molar-refractivity contribution in [2.24, 2.45) is 33.5 Å². The van der Waals surface area contributed by atoms with Crippen LogP contribution >= 0.6 is 0 Å². The van der Waals surface area contributed by atoms with Gasteiger partial charge in [-0.3, -0.25) is 0 Å². The van der Waals surface area contributed by atoms with Gasteiger partial charge in [-0.15, -0.1) is 0 Å². The summed E-state index contributed by atoms with van der Waals surface area (Å²) in [5.74, 6) is 2.93. The van der Waals surface area contributed by atoms with Crippen LogP contribution < -0.4 is 9.47 Å². The van der Waals surface area contributed by atoms with E-state index in [0.717, 1.165) is 48.3 Å². The zero-order chi connectivity index (χ0) is 34.5.